The number of hydrogen-bond donors (Lipinski definition) is 3. The second-order valence-electron chi connectivity index (χ2n) is 6.58. The molecule has 0 aliphatic carbocycles. The van der Waals surface area contributed by atoms with E-state index in [1.165, 1.54) is 17.9 Å². The minimum atomic E-state index is -1.68. The van der Waals surface area contributed by atoms with E-state index in [9.17, 15) is 19.5 Å². The molecule has 1 fully saturated rings. The number of primary amides is 1. The van der Waals surface area contributed by atoms with Gasteiger partial charge in [0.2, 0.25) is 5.60 Å². The van der Waals surface area contributed by atoms with Crippen LogP contribution in [0.3, 0.4) is 0 Å². The minimum absolute atomic E-state index is 0.0582. The summed E-state index contributed by atoms with van der Waals surface area (Å²) in [5.41, 5.74) is 5.27. The average Bonchev–Trinajstić information content (AvgIpc) is 2.90. The highest BCUT2D eigenvalue weighted by Gasteiger charge is 2.42. The van der Waals surface area contributed by atoms with Crippen LogP contribution in [0.1, 0.15) is 28.0 Å². The van der Waals surface area contributed by atoms with E-state index in [2.05, 4.69) is 16.8 Å². The number of carbonyl (C=O) groups excluding carboxylic acids is 2. The van der Waals surface area contributed by atoms with Gasteiger partial charge >= 0.3 is 0 Å². The highest BCUT2D eigenvalue weighted by Crippen LogP contribution is 2.22. The van der Waals surface area contributed by atoms with E-state index in [4.69, 9.17) is 5.73 Å². The zero-order chi connectivity index (χ0) is 19.8. The van der Waals surface area contributed by atoms with Gasteiger partial charge in [0.05, 0.1) is 0 Å². The number of hydrogen-bond acceptors (Lipinski definition) is 4. The molecule has 1 unspecified atom stereocenters. The Kier molecular flexibility index (Phi) is 4.60. The van der Waals surface area contributed by atoms with E-state index in [-0.39, 0.29) is 23.1 Å². The summed E-state index contributed by atoms with van der Waals surface area (Å²) in [7, 11) is 1.62. The predicted octanol–water partition coefficient (Wildman–Crippen LogP) is 0.394. The second-order valence-corrected chi connectivity index (χ2v) is 6.58. The fourth-order valence-corrected chi connectivity index (χ4v) is 2.94. The SMILES string of the molecule is Cc1c(C(N)=O)[nH]c(-c2cccc(C#CC3(O)CCN(C)C3=O)c2)cc1=O. The second kappa shape index (κ2) is 6.74. The van der Waals surface area contributed by atoms with E-state index in [0.29, 0.717) is 23.4 Å². The number of nitrogens with two attached hydrogens (primary N) is 1. The van der Waals surface area contributed by atoms with Crippen LogP contribution in [0.25, 0.3) is 11.3 Å². The van der Waals surface area contributed by atoms with Crippen molar-refractivity contribution in [3.63, 3.8) is 0 Å². The molecule has 0 bridgehead atoms. The van der Waals surface area contributed by atoms with Gasteiger partial charge in [-0.3, -0.25) is 14.4 Å². The maximum Gasteiger partial charge on any atom is 0.267 e. The van der Waals surface area contributed by atoms with Gasteiger partial charge in [-0.05, 0) is 24.6 Å². The molecule has 138 valence electrons. The molecule has 1 atom stereocenters. The molecule has 1 aromatic carbocycles. The Balaban J connectivity index is 1.99. The Morgan fingerprint density at radius 1 is 1.33 bits per heavy atom. The number of nitrogens with zero attached hydrogens (tertiary/aromatic N) is 1. The highest BCUT2D eigenvalue weighted by atomic mass is 16.3. The van der Waals surface area contributed by atoms with Crippen molar-refractivity contribution in [3.8, 4) is 23.1 Å². The van der Waals surface area contributed by atoms with Crippen LogP contribution >= 0.6 is 0 Å². The fraction of sp³-hybridized carbons (Fsp3) is 0.250. The number of aliphatic hydroxyl groups is 1. The summed E-state index contributed by atoms with van der Waals surface area (Å²) in [6.07, 6.45) is 0.252. The number of aromatic nitrogens is 1. The molecule has 0 spiro atoms. The molecule has 0 radical (unpaired) electrons. The largest absolute Gasteiger partial charge is 0.369 e. The van der Waals surface area contributed by atoms with Crippen molar-refractivity contribution in [2.24, 2.45) is 5.73 Å². The van der Waals surface area contributed by atoms with Crippen molar-refractivity contribution in [3.05, 3.63) is 57.4 Å². The minimum Gasteiger partial charge on any atom is -0.369 e. The molecule has 2 amide bonds. The number of pyridine rings is 1. The van der Waals surface area contributed by atoms with E-state index in [0.717, 1.165) is 0 Å². The lowest BCUT2D eigenvalue weighted by Gasteiger charge is -2.13. The van der Waals surface area contributed by atoms with Crippen LogP contribution in [-0.4, -0.2) is 46.0 Å². The highest BCUT2D eigenvalue weighted by molar-refractivity contribution is 5.93. The first-order valence-corrected chi connectivity index (χ1v) is 8.36. The molecule has 4 N–H and O–H groups in total. The molecule has 2 aromatic rings. The lowest BCUT2D eigenvalue weighted by molar-refractivity contribution is -0.137. The van der Waals surface area contributed by atoms with Gasteiger partial charge in [0.15, 0.2) is 5.43 Å². The monoisotopic (exact) mass is 365 g/mol. The van der Waals surface area contributed by atoms with Gasteiger partial charge < -0.3 is 20.7 Å². The van der Waals surface area contributed by atoms with Gasteiger partial charge in [0.25, 0.3) is 11.8 Å². The summed E-state index contributed by atoms with van der Waals surface area (Å²) in [6, 6.07) is 8.29. The molecule has 0 saturated carbocycles. The van der Waals surface area contributed by atoms with Crippen LogP contribution in [-0.2, 0) is 4.79 Å². The smallest absolute Gasteiger partial charge is 0.267 e. The molecule has 1 aliphatic heterocycles. The van der Waals surface area contributed by atoms with Gasteiger partial charge in [-0.25, -0.2) is 0 Å². The Morgan fingerprint density at radius 3 is 2.70 bits per heavy atom. The third-order valence-electron chi connectivity index (χ3n) is 4.62. The van der Waals surface area contributed by atoms with Crippen LogP contribution < -0.4 is 11.2 Å². The molecule has 7 nitrogen and oxygen atoms in total. The third-order valence-corrected chi connectivity index (χ3v) is 4.62. The Bertz CT molecular complexity index is 1060. The van der Waals surface area contributed by atoms with Crippen molar-refractivity contribution in [2.45, 2.75) is 18.9 Å². The number of likely N-dealkylation sites (N-methyl/N-ethyl adjacent to an activating group) is 1. The molecule has 7 heteroatoms. The van der Waals surface area contributed by atoms with E-state index in [1.54, 1.807) is 31.3 Å². The average molecular weight is 365 g/mol. The van der Waals surface area contributed by atoms with Crippen LogP contribution in [0.5, 0.6) is 0 Å². The van der Waals surface area contributed by atoms with Crippen molar-refractivity contribution < 1.29 is 14.7 Å². The van der Waals surface area contributed by atoms with Crippen molar-refractivity contribution >= 4 is 11.8 Å². The molecule has 1 aromatic heterocycles. The predicted molar refractivity (Wildman–Crippen MR) is 99.8 cm³/mol. The molecule has 1 saturated heterocycles. The summed E-state index contributed by atoms with van der Waals surface area (Å²) >= 11 is 0. The van der Waals surface area contributed by atoms with Crippen molar-refractivity contribution in [1.29, 1.82) is 0 Å². The van der Waals surface area contributed by atoms with Crippen molar-refractivity contribution in [2.75, 3.05) is 13.6 Å². The standard InChI is InChI=1S/C20H19N3O4/c1-12-16(24)11-15(22-17(12)18(21)25)14-5-3-4-13(10-14)6-7-20(27)8-9-23(2)19(20)26/h3-5,10-11,27H,8-9H2,1-2H3,(H2,21,25)(H,22,24). The summed E-state index contributed by atoms with van der Waals surface area (Å²) in [5, 5.41) is 10.4. The normalized spacial score (nSPS) is 18.9. The lowest BCUT2D eigenvalue weighted by atomic mass is 10.0. The Hall–Kier alpha value is -3.37. The van der Waals surface area contributed by atoms with Gasteiger partial charge in [-0.15, -0.1) is 0 Å². The number of likely N-dealkylation sites (tertiary alicyclic amines) is 1. The quantitative estimate of drug-likeness (QED) is 0.668. The number of benzene rings is 1. The number of carbonyl (C=O) groups is 2. The molecular weight excluding hydrogens is 346 g/mol. The summed E-state index contributed by atoms with van der Waals surface area (Å²) in [4.78, 5) is 40.0. The Labute approximate surface area is 155 Å². The Morgan fingerprint density at radius 2 is 2.07 bits per heavy atom. The van der Waals surface area contributed by atoms with Crippen LogP contribution in [0.15, 0.2) is 35.1 Å². The number of nitrogens with one attached hydrogen (secondary N) is 1. The summed E-state index contributed by atoms with van der Waals surface area (Å²) in [5.74, 6) is 4.34. The first kappa shape index (κ1) is 18.4. The van der Waals surface area contributed by atoms with E-state index in [1.807, 2.05) is 0 Å². The molecule has 1 aliphatic rings. The number of amides is 2. The summed E-state index contributed by atoms with van der Waals surface area (Å²) < 4.78 is 0. The zero-order valence-corrected chi connectivity index (χ0v) is 15.0. The first-order valence-electron chi connectivity index (χ1n) is 8.36. The first-order chi connectivity index (χ1) is 12.7. The molecule has 2 heterocycles. The topological polar surface area (TPSA) is 116 Å². The van der Waals surface area contributed by atoms with E-state index < -0.39 is 17.4 Å². The maximum absolute atomic E-state index is 12.1. The van der Waals surface area contributed by atoms with Gasteiger partial charge in [-0.2, -0.15) is 0 Å². The lowest BCUT2D eigenvalue weighted by Crippen LogP contribution is -2.37. The van der Waals surface area contributed by atoms with Crippen LogP contribution in [0.4, 0.5) is 0 Å². The van der Waals surface area contributed by atoms with Gasteiger partial charge in [0.1, 0.15) is 5.69 Å². The summed E-state index contributed by atoms with van der Waals surface area (Å²) in [6.45, 7) is 1.98. The fourth-order valence-electron chi connectivity index (χ4n) is 2.94. The molecule has 3 rings (SSSR count). The van der Waals surface area contributed by atoms with Gasteiger partial charge in [0, 0.05) is 42.9 Å². The molecule has 27 heavy (non-hydrogen) atoms. The zero-order valence-electron chi connectivity index (χ0n) is 15.0. The number of H-pyrrole nitrogens is 1. The maximum atomic E-state index is 12.1. The van der Waals surface area contributed by atoms with E-state index >= 15 is 0 Å². The number of rotatable bonds is 2. The van der Waals surface area contributed by atoms with Gasteiger partial charge in [-0.1, -0.05) is 24.0 Å². The number of aromatic amines is 1. The van der Waals surface area contributed by atoms with Crippen LogP contribution in [0.2, 0.25) is 0 Å². The van der Waals surface area contributed by atoms with Crippen molar-refractivity contribution in [1.82, 2.24) is 9.88 Å². The van der Waals surface area contributed by atoms with Crippen LogP contribution in [0, 0.1) is 18.8 Å². The molecular formula is C20H19N3O4. The third kappa shape index (κ3) is 3.48.